The van der Waals surface area contributed by atoms with Crippen LogP contribution in [0, 0.1) is 24.6 Å². The van der Waals surface area contributed by atoms with Gasteiger partial charge in [0, 0.05) is 50.4 Å². The second kappa shape index (κ2) is 10.2. The van der Waals surface area contributed by atoms with E-state index in [-0.39, 0.29) is 17.8 Å². The molecule has 4 rings (SSSR count). The lowest BCUT2D eigenvalue weighted by Gasteiger charge is -2.40. The second-order valence-electron chi connectivity index (χ2n) is 9.84. The summed E-state index contributed by atoms with van der Waals surface area (Å²) in [7, 11) is 4.10. The van der Waals surface area contributed by atoms with Crippen LogP contribution < -0.4 is 0 Å². The van der Waals surface area contributed by atoms with E-state index in [0.717, 1.165) is 56.6 Å². The number of halogens is 1. The molecule has 0 N–H and O–H groups in total. The zero-order valence-corrected chi connectivity index (χ0v) is 19.8. The van der Waals surface area contributed by atoms with Crippen LogP contribution in [-0.2, 0) is 24.8 Å². The first-order valence-electron chi connectivity index (χ1n) is 12.1. The first-order valence-corrected chi connectivity index (χ1v) is 12.1. The highest BCUT2D eigenvalue weighted by atomic mass is 19.1. The summed E-state index contributed by atoms with van der Waals surface area (Å²) >= 11 is 0. The van der Waals surface area contributed by atoms with Crippen LogP contribution in [-0.4, -0.2) is 51.7 Å². The van der Waals surface area contributed by atoms with E-state index in [1.165, 1.54) is 18.4 Å². The molecule has 2 fully saturated rings. The first-order chi connectivity index (χ1) is 15.4. The average Bonchev–Trinajstić information content (AvgIpc) is 3.42. The Kier molecular flexibility index (Phi) is 7.29. The molecular formula is C26H37FN4O. The predicted octanol–water partition coefficient (Wildman–Crippen LogP) is 4.34. The Labute approximate surface area is 191 Å². The van der Waals surface area contributed by atoms with Crippen LogP contribution in [0.4, 0.5) is 4.39 Å². The molecule has 1 unspecified atom stereocenters. The highest BCUT2D eigenvalue weighted by Crippen LogP contribution is 2.31. The number of aryl methyl sites for hydroxylation is 2. The smallest absolute Gasteiger partial charge is 0.225 e. The monoisotopic (exact) mass is 440 g/mol. The van der Waals surface area contributed by atoms with Crippen molar-refractivity contribution in [3.05, 3.63) is 53.1 Å². The van der Waals surface area contributed by atoms with Gasteiger partial charge in [0.25, 0.3) is 0 Å². The number of hydrogen-bond donors (Lipinski definition) is 0. The fourth-order valence-corrected chi connectivity index (χ4v) is 5.70. The van der Waals surface area contributed by atoms with E-state index in [2.05, 4.69) is 28.1 Å². The molecule has 1 amide bonds. The van der Waals surface area contributed by atoms with Crippen molar-refractivity contribution < 1.29 is 9.18 Å². The van der Waals surface area contributed by atoms with Gasteiger partial charge in [-0.2, -0.15) is 5.10 Å². The number of piperidine rings is 1. The molecule has 1 saturated carbocycles. The van der Waals surface area contributed by atoms with E-state index < -0.39 is 0 Å². The minimum Gasteiger partial charge on any atom is -0.342 e. The highest BCUT2D eigenvalue weighted by Gasteiger charge is 2.34. The van der Waals surface area contributed by atoms with Gasteiger partial charge in [0.1, 0.15) is 5.82 Å². The molecule has 32 heavy (non-hydrogen) atoms. The van der Waals surface area contributed by atoms with E-state index in [9.17, 15) is 9.18 Å². The van der Waals surface area contributed by atoms with E-state index in [1.54, 1.807) is 12.1 Å². The van der Waals surface area contributed by atoms with Crippen molar-refractivity contribution in [1.82, 2.24) is 19.6 Å². The number of nitrogens with zero attached hydrogens (tertiary/aromatic N) is 4. The third kappa shape index (κ3) is 5.22. The molecule has 0 bridgehead atoms. The van der Waals surface area contributed by atoms with Gasteiger partial charge in [-0.15, -0.1) is 0 Å². The molecule has 2 aromatic rings. The van der Waals surface area contributed by atoms with Crippen molar-refractivity contribution in [3.8, 4) is 0 Å². The van der Waals surface area contributed by atoms with Crippen LogP contribution >= 0.6 is 0 Å². The first kappa shape index (κ1) is 23.0. The maximum Gasteiger partial charge on any atom is 0.225 e. The summed E-state index contributed by atoms with van der Waals surface area (Å²) in [6, 6.07) is 7.35. The summed E-state index contributed by atoms with van der Waals surface area (Å²) in [6.07, 6.45) is 9.22. The van der Waals surface area contributed by atoms with Gasteiger partial charge >= 0.3 is 0 Å². The highest BCUT2D eigenvalue weighted by molar-refractivity contribution is 5.79. The average molecular weight is 441 g/mol. The number of amides is 1. The minimum absolute atomic E-state index is 0.127. The lowest BCUT2D eigenvalue weighted by Crippen LogP contribution is -2.47. The van der Waals surface area contributed by atoms with Crippen LogP contribution in [0.5, 0.6) is 0 Å². The lowest BCUT2D eigenvalue weighted by molar-refractivity contribution is -0.137. The summed E-state index contributed by atoms with van der Waals surface area (Å²) in [5.41, 5.74) is 3.03. The maximum atomic E-state index is 14.5. The van der Waals surface area contributed by atoms with E-state index in [4.69, 9.17) is 0 Å². The molecule has 1 atom stereocenters. The Morgan fingerprint density at radius 2 is 1.84 bits per heavy atom. The van der Waals surface area contributed by atoms with Gasteiger partial charge in [0.15, 0.2) is 0 Å². The molecule has 1 aromatic heterocycles. The molecule has 1 aromatic carbocycles. The van der Waals surface area contributed by atoms with Gasteiger partial charge in [-0.3, -0.25) is 14.4 Å². The van der Waals surface area contributed by atoms with Crippen molar-refractivity contribution in [1.29, 1.82) is 0 Å². The standard InChI is InChI=1S/C26H37FN4O/c1-19-23(18-30(3)28-19)17-29(2)25(16-22-10-6-7-11-24(22)27)20-12-14-31(15-13-20)26(32)21-8-4-5-9-21/h6-7,10-11,18,20-21,25H,4-5,8-9,12-17H2,1-3H3. The van der Waals surface area contributed by atoms with Crippen LogP contribution in [0.1, 0.15) is 55.3 Å². The largest absolute Gasteiger partial charge is 0.342 e. The third-order valence-electron chi connectivity index (χ3n) is 7.59. The van der Waals surface area contributed by atoms with Crippen LogP contribution in [0.15, 0.2) is 30.5 Å². The Morgan fingerprint density at radius 1 is 1.16 bits per heavy atom. The normalized spacial score (nSPS) is 19.1. The molecule has 1 aliphatic carbocycles. The summed E-state index contributed by atoms with van der Waals surface area (Å²) in [5, 5.41) is 4.49. The van der Waals surface area contributed by atoms with E-state index >= 15 is 0 Å². The SMILES string of the molecule is Cc1nn(C)cc1CN(C)C(Cc1ccccc1F)C1CCN(C(=O)C2CCCC2)CC1. The number of aromatic nitrogens is 2. The maximum absolute atomic E-state index is 14.5. The number of carbonyl (C=O) groups is 1. The molecule has 1 aliphatic heterocycles. The van der Waals surface area contributed by atoms with Gasteiger partial charge in [-0.1, -0.05) is 31.0 Å². The molecule has 0 radical (unpaired) electrons. The summed E-state index contributed by atoms with van der Waals surface area (Å²) in [6.45, 7) is 4.49. The number of carbonyl (C=O) groups excluding carboxylic acids is 1. The quantitative estimate of drug-likeness (QED) is 0.643. The topological polar surface area (TPSA) is 41.4 Å². The van der Waals surface area contributed by atoms with Gasteiger partial charge < -0.3 is 4.90 Å². The molecule has 6 heteroatoms. The predicted molar refractivity (Wildman–Crippen MR) is 125 cm³/mol. The number of hydrogen-bond acceptors (Lipinski definition) is 3. The molecule has 1 saturated heterocycles. The van der Waals surface area contributed by atoms with Crippen molar-refractivity contribution in [2.75, 3.05) is 20.1 Å². The number of likely N-dealkylation sites (N-methyl/N-ethyl adjacent to an activating group) is 1. The molecule has 2 aliphatic rings. The summed E-state index contributed by atoms with van der Waals surface area (Å²) < 4.78 is 16.4. The second-order valence-corrected chi connectivity index (χ2v) is 9.84. The van der Waals surface area contributed by atoms with Crippen molar-refractivity contribution in [2.45, 2.75) is 64.5 Å². The van der Waals surface area contributed by atoms with Gasteiger partial charge in [-0.05, 0) is 63.6 Å². The number of benzene rings is 1. The third-order valence-corrected chi connectivity index (χ3v) is 7.59. The van der Waals surface area contributed by atoms with Crippen LogP contribution in [0.2, 0.25) is 0 Å². The van der Waals surface area contributed by atoms with Gasteiger partial charge in [0.2, 0.25) is 5.91 Å². The van der Waals surface area contributed by atoms with Crippen molar-refractivity contribution in [3.63, 3.8) is 0 Å². The number of rotatable bonds is 7. The molecule has 174 valence electrons. The zero-order chi connectivity index (χ0) is 22.7. The van der Waals surface area contributed by atoms with Crippen molar-refractivity contribution >= 4 is 5.91 Å². The zero-order valence-electron chi connectivity index (χ0n) is 19.8. The Bertz CT molecular complexity index is 912. The Balaban J connectivity index is 1.47. The Morgan fingerprint density at radius 3 is 2.47 bits per heavy atom. The molecular weight excluding hydrogens is 403 g/mol. The Hall–Kier alpha value is -2.21. The fourth-order valence-electron chi connectivity index (χ4n) is 5.70. The van der Waals surface area contributed by atoms with Crippen molar-refractivity contribution in [2.24, 2.45) is 18.9 Å². The molecule has 5 nitrogen and oxygen atoms in total. The van der Waals surface area contributed by atoms with Crippen LogP contribution in [0.25, 0.3) is 0 Å². The minimum atomic E-state index is -0.127. The summed E-state index contributed by atoms with van der Waals surface area (Å²) in [5.74, 6) is 0.921. The molecule has 0 spiro atoms. The van der Waals surface area contributed by atoms with E-state index in [0.29, 0.717) is 18.2 Å². The number of likely N-dealkylation sites (tertiary alicyclic amines) is 1. The van der Waals surface area contributed by atoms with Gasteiger partial charge in [0.05, 0.1) is 5.69 Å². The van der Waals surface area contributed by atoms with Crippen LogP contribution in [0.3, 0.4) is 0 Å². The van der Waals surface area contributed by atoms with Gasteiger partial charge in [-0.25, -0.2) is 4.39 Å². The lowest BCUT2D eigenvalue weighted by atomic mass is 9.84. The van der Waals surface area contributed by atoms with E-state index in [1.807, 2.05) is 30.8 Å². The fraction of sp³-hybridized carbons (Fsp3) is 0.615. The molecule has 2 heterocycles. The summed E-state index contributed by atoms with van der Waals surface area (Å²) in [4.78, 5) is 17.3.